The molecule has 3 nitrogen and oxygen atoms in total. The average molecular weight is 214 g/mol. The third kappa shape index (κ3) is 2.64. The SMILES string of the molecule is CC(C)c1ccc(NC(=O)O)cc1Cl. The summed E-state index contributed by atoms with van der Waals surface area (Å²) < 4.78 is 0. The van der Waals surface area contributed by atoms with Crippen LogP contribution in [0.5, 0.6) is 0 Å². The molecule has 0 aromatic heterocycles. The number of benzene rings is 1. The first kappa shape index (κ1) is 10.9. The summed E-state index contributed by atoms with van der Waals surface area (Å²) in [6, 6.07) is 5.15. The van der Waals surface area contributed by atoms with Crippen molar-refractivity contribution in [1.82, 2.24) is 0 Å². The number of hydrogen-bond donors (Lipinski definition) is 2. The van der Waals surface area contributed by atoms with Crippen molar-refractivity contribution in [2.24, 2.45) is 0 Å². The second-order valence-electron chi connectivity index (χ2n) is 3.32. The summed E-state index contributed by atoms with van der Waals surface area (Å²) in [6.07, 6.45) is -1.08. The van der Waals surface area contributed by atoms with Gasteiger partial charge in [-0.2, -0.15) is 0 Å². The predicted octanol–water partition coefficient (Wildman–Crippen LogP) is 3.55. The van der Waals surface area contributed by atoms with Gasteiger partial charge in [0, 0.05) is 10.7 Å². The third-order valence-electron chi connectivity index (χ3n) is 1.87. The molecule has 1 aromatic carbocycles. The van der Waals surface area contributed by atoms with Crippen molar-refractivity contribution in [2.75, 3.05) is 5.32 Å². The summed E-state index contributed by atoms with van der Waals surface area (Å²) in [7, 11) is 0. The van der Waals surface area contributed by atoms with Crippen molar-refractivity contribution in [3.63, 3.8) is 0 Å². The van der Waals surface area contributed by atoms with Crippen LogP contribution >= 0.6 is 11.6 Å². The molecule has 0 aliphatic rings. The fourth-order valence-electron chi connectivity index (χ4n) is 1.20. The number of halogens is 1. The average Bonchev–Trinajstić information content (AvgIpc) is 2.01. The van der Waals surface area contributed by atoms with Crippen molar-refractivity contribution in [1.29, 1.82) is 0 Å². The highest BCUT2D eigenvalue weighted by Crippen LogP contribution is 2.26. The van der Waals surface area contributed by atoms with E-state index in [1.807, 2.05) is 19.9 Å². The van der Waals surface area contributed by atoms with E-state index in [0.29, 0.717) is 16.6 Å². The molecule has 0 saturated heterocycles. The number of carboxylic acid groups (broad SMARTS) is 1. The zero-order valence-electron chi connectivity index (χ0n) is 8.04. The van der Waals surface area contributed by atoms with Crippen molar-refractivity contribution in [3.8, 4) is 0 Å². The van der Waals surface area contributed by atoms with E-state index in [9.17, 15) is 4.79 Å². The molecule has 14 heavy (non-hydrogen) atoms. The molecule has 0 spiro atoms. The van der Waals surface area contributed by atoms with E-state index >= 15 is 0 Å². The molecule has 2 N–H and O–H groups in total. The molecule has 0 radical (unpaired) electrons. The van der Waals surface area contributed by atoms with Crippen LogP contribution in [-0.2, 0) is 0 Å². The molecule has 0 atom stereocenters. The summed E-state index contributed by atoms with van der Waals surface area (Å²) in [5.74, 6) is 0.335. The van der Waals surface area contributed by atoms with Gasteiger partial charge in [-0.15, -0.1) is 0 Å². The fourth-order valence-corrected chi connectivity index (χ4v) is 1.60. The zero-order valence-corrected chi connectivity index (χ0v) is 8.80. The molecule has 0 unspecified atom stereocenters. The largest absolute Gasteiger partial charge is 0.465 e. The first-order valence-corrected chi connectivity index (χ1v) is 4.68. The van der Waals surface area contributed by atoms with E-state index in [1.165, 1.54) is 0 Å². The molecule has 0 aliphatic carbocycles. The van der Waals surface area contributed by atoms with E-state index < -0.39 is 6.09 Å². The molecule has 76 valence electrons. The van der Waals surface area contributed by atoms with Crippen LogP contribution in [0.1, 0.15) is 25.3 Å². The van der Waals surface area contributed by atoms with Crippen molar-refractivity contribution in [3.05, 3.63) is 28.8 Å². The van der Waals surface area contributed by atoms with E-state index in [0.717, 1.165) is 5.56 Å². The Hall–Kier alpha value is -1.22. The molecule has 1 rings (SSSR count). The maximum absolute atomic E-state index is 10.3. The maximum Gasteiger partial charge on any atom is 0.409 e. The van der Waals surface area contributed by atoms with Gasteiger partial charge in [-0.3, -0.25) is 5.32 Å². The first-order chi connectivity index (χ1) is 6.50. The Morgan fingerprint density at radius 1 is 1.50 bits per heavy atom. The molecular weight excluding hydrogens is 202 g/mol. The third-order valence-corrected chi connectivity index (χ3v) is 2.20. The molecule has 4 heteroatoms. The quantitative estimate of drug-likeness (QED) is 0.789. The van der Waals surface area contributed by atoms with Gasteiger partial charge >= 0.3 is 6.09 Å². The number of carbonyl (C=O) groups is 1. The summed E-state index contributed by atoms with van der Waals surface area (Å²) in [4.78, 5) is 10.3. The van der Waals surface area contributed by atoms with E-state index in [2.05, 4.69) is 5.32 Å². The standard InChI is InChI=1S/C10H12ClNO2/c1-6(2)8-4-3-7(5-9(8)11)12-10(13)14/h3-6,12H,1-2H3,(H,13,14). The van der Waals surface area contributed by atoms with Crippen molar-refractivity contribution in [2.45, 2.75) is 19.8 Å². The summed E-state index contributed by atoms with van der Waals surface area (Å²) in [5, 5.41) is 11.3. The molecule has 0 fully saturated rings. The maximum atomic E-state index is 10.3. The van der Waals surface area contributed by atoms with Crippen LogP contribution in [0, 0.1) is 0 Å². The minimum atomic E-state index is -1.08. The van der Waals surface area contributed by atoms with Gasteiger partial charge in [0.15, 0.2) is 0 Å². The molecule has 0 saturated carbocycles. The number of anilines is 1. The van der Waals surface area contributed by atoms with Gasteiger partial charge in [-0.1, -0.05) is 31.5 Å². The van der Waals surface area contributed by atoms with E-state index in [1.54, 1.807) is 12.1 Å². The van der Waals surface area contributed by atoms with Crippen LogP contribution in [0.3, 0.4) is 0 Å². The van der Waals surface area contributed by atoms with Crippen LogP contribution < -0.4 is 5.32 Å². The van der Waals surface area contributed by atoms with Crippen LogP contribution in [0.4, 0.5) is 10.5 Å². The Labute approximate surface area is 87.7 Å². The minimum absolute atomic E-state index is 0.335. The van der Waals surface area contributed by atoms with Gasteiger partial charge in [0.25, 0.3) is 0 Å². The number of rotatable bonds is 2. The number of hydrogen-bond acceptors (Lipinski definition) is 1. The van der Waals surface area contributed by atoms with Crippen LogP contribution in [0.15, 0.2) is 18.2 Å². The lowest BCUT2D eigenvalue weighted by atomic mass is 10.0. The first-order valence-electron chi connectivity index (χ1n) is 4.30. The predicted molar refractivity (Wildman–Crippen MR) is 57.2 cm³/mol. The lowest BCUT2D eigenvalue weighted by Gasteiger charge is -2.09. The highest BCUT2D eigenvalue weighted by Gasteiger charge is 2.06. The van der Waals surface area contributed by atoms with Gasteiger partial charge in [0.1, 0.15) is 0 Å². The highest BCUT2D eigenvalue weighted by atomic mass is 35.5. The molecular formula is C10H12ClNO2. The zero-order chi connectivity index (χ0) is 10.7. The van der Waals surface area contributed by atoms with E-state index in [4.69, 9.17) is 16.7 Å². The smallest absolute Gasteiger partial charge is 0.409 e. The molecule has 1 aromatic rings. The number of nitrogens with one attached hydrogen (secondary N) is 1. The summed E-state index contributed by atoms with van der Waals surface area (Å²) >= 11 is 5.97. The normalized spacial score (nSPS) is 10.3. The topological polar surface area (TPSA) is 49.3 Å². The van der Waals surface area contributed by atoms with Gasteiger partial charge in [-0.25, -0.2) is 4.79 Å². The lowest BCUT2D eigenvalue weighted by Crippen LogP contribution is -2.07. The van der Waals surface area contributed by atoms with E-state index in [-0.39, 0.29) is 0 Å². The van der Waals surface area contributed by atoms with Gasteiger partial charge in [0.2, 0.25) is 0 Å². The van der Waals surface area contributed by atoms with Crippen LogP contribution in [-0.4, -0.2) is 11.2 Å². The van der Waals surface area contributed by atoms with Gasteiger partial charge in [0.05, 0.1) is 0 Å². The Morgan fingerprint density at radius 2 is 2.14 bits per heavy atom. The minimum Gasteiger partial charge on any atom is -0.465 e. The Balaban J connectivity index is 2.94. The second kappa shape index (κ2) is 4.33. The van der Waals surface area contributed by atoms with Gasteiger partial charge in [-0.05, 0) is 23.6 Å². The lowest BCUT2D eigenvalue weighted by molar-refractivity contribution is 0.210. The Morgan fingerprint density at radius 3 is 2.57 bits per heavy atom. The molecule has 0 heterocycles. The van der Waals surface area contributed by atoms with Crippen molar-refractivity contribution >= 4 is 23.4 Å². The molecule has 1 amide bonds. The molecule has 0 bridgehead atoms. The summed E-state index contributed by atoms with van der Waals surface area (Å²) in [5.41, 5.74) is 1.51. The highest BCUT2D eigenvalue weighted by molar-refractivity contribution is 6.31. The van der Waals surface area contributed by atoms with Gasteiger partial charge < -0.3 is 5.11 Å². The second-order valence-corrected chi connectivity index (χ2v) is 3.73. The van der Waals surface area contributed by atoms with Crippen LogP contribution in [0.2, 0.25) is 5.02 Å². The fraction of sp³-hybridized carbons (Fsp3) is 0.300. The molecule has 0 aliphatic heterocycles. The summed E-state index contributed by atoms with van der Waals surface area (Å²) in [6.45, 7) is 4.07. The van der Waals surface area contributed by atoms with Crippen molar-refractivity contribution < 1.29 is 9.90 Å². The van der Waals surface area contributed by atoms with Crippen LogP contribution in [0.25, 0.3) is 0 Å². The monoisotopic (exact) mass is 213 g/mol. The number of amides is 1. The Bertz CT molecular complexity index is 350. The Kier molecular flexibility index (Phi) is 3.36.